The zero-order valence-electron chi connectivity index (χ0n) is 10.0. The monoisotopic (exact) mass is 267 g/mol. The van der Waals surface area contributed by atoms with Crippen molar-refractivity contribution in [2.24, 2.45) is 5.41 Å². The molecular formula is C11H16F3NO3. The second kappa shape index (κ2) is 5.16. The number of rotatable bonds is 5. The van der Waals surface area contributed by atoms with Gasteiger partial charge < -0.3 is 10.4 Å². The first-order valence-electron chi connectivity index (χ1n) is 5.81. The number of carboxylic acid groups (broad SMARTS) is 1. The molecule has 18 heavy (non-hydrogen) atoms. The Bertz CT molecular complexity index is 331. The van der Waals surface area contributed by atoms with Crippen LogP contribution in [0.3, 0.4) is 0 Å². The average molecular weight is 267 g/mol. The first-order valence-corrected chi connectivity index (χ1v) is 5.81. The van der Waals surface area contributed by atoms with Crippen molar-refractivity contribution in [2.75, 3.05) is 0 Å². The Morgan fingerprint density at radius 2 is 1.94 bits per heavy atom. The number of aliphatic carboxylic acids is 1. The van der Waals surface area contributed by atoms with Gasteiger partial charge in [0.1, 0.15) is 6.04 Å². The Balaban J connectivity index is 2.71. The quantitative estimate of drug-likeness (QED) is 0.801. The van der Waals surface area contributed by atoms with Gasteiger partial charge in [0.25, 0.3) is 0 Å². The lowest BCUT2D eigenvalue weighted by atomic mass is 9.66. The third-order valence-corrected chi connectivity index (χ3v) is 3.55. The Labute approximate surface area is 103 Å². The second-order valence-electron chi connectivity index (χ2n) is 4.65. The first kappa shape index (κ1) is 14.8. The smallest absolute Gasteiger partial charge is 0.409 e. The zero-order chi connectivity index (χ0) is 14.0. The molecule has 0 spiro atoms. The highest BCUT2D eigenvalue weighted by molar-refractivity contribution is 5.84. The summed E-state index contributed by atoms with van der Waals surface area (Å²) in [6.45, 7) is 1.75. The van der Waals surface area contributed by atoms with Crippen molar-refractivity contribution < 1.29 is 27.9 Å². The minimum atomic E-state index is -4.74. The van der Waals surface area contributed by atoms with Crippen LogP contribution in [-0.4, -0.2) is 29.2 Å². The third-order valence-electron chi connectivity index (χ3n) is 3.55. The second-order valence-corrected chi connectivity index (χ2v) is 4.65. The van der Waals surface area contributed by atoms with Crippen LogP contribution in [0, 0.1) is 5.41 Å². The maximum atomic E-state index is 12.6. The fourth-order valence-electron chi connectivity index (χ4n) is 2.08. The van der Waals surface area contributed by atoms with E-state index >= 15 is 0 Å². The van der Waals surface area contributed by atoms with Gasteiger partial charge in [0.15, 0.2) is 0 Å². The molecule has 1 saturated carbocycles. The van der Waals surface area contributed by atoms with E-state index < -0.39 is 35.9 Å². The van der Waals surface area contributed by atoms with Gasteiger partial charge in [-0.05, 0) is 19.3 Å². The summed E-state index contributed by atoms with van der Waals surface area (Å²) < 4.78 is 37.7. The van der Waals surface area contributed by atoms with Crippen LogP contribution in [-0.2, 0) is 9.59 Å². The molecular weight excluding hydrogens is 251 g/mol. The highest BCUT2D eigenvalue weighted by Crippen LogP contribution is 2.44. The number of hydrogen-bond acceptors (Lipinski definition) is 2. The van der Waals surface area contributed by atoms with Crippen molar-refractivity contribution in [3.8, 4) is 0 Å². The van der Waals surface area contributed by atoms with Crippen LogP contribution in [0.2, 0.25) is 0 Å². The summed E-state index contributed by atoms with van der Waals surface area (Å²) in [5.41, 5.74) is -0.734. The van der Waals surface area contributed by atoms with Crippen molar-refractivity contribution in [3.05, 3.63) is 0 Å². The predicted molar refractivity (Wildman–Crippen MR) is 56.8 cm³/mol. The summed E-state index contributed by atoms with van der Waals surface area (Å²) in [4.78, 5) is 22.2. The molecule has 1 aliphatic carbocycles. The average Bonchev–Trinajstić information content (AvgIpc) is 2.13. The Morgan fingerprint density at radius 3 is 2.22 bits per heavy atom. The van der Waals surface area contributed by atoms with E-state index in [9.17, 15) is 22.8 Å². The molecule has 1 rings (SSSR count). The number of halogens is 3. The fraction of sp³-hybridized carbons (Fsp3) is 0.818. The molecule has 104 valence electrons. The lowest BCUT2D eigenvalue weighted by Crippen LogP contribution is -2.53. The minimum Gasteiger partial charge on any atom is -0.481 e. The maximum Gasteiger partial charge on any atom is 0.409 e. The summed E-state index contributed by atoms with van der Waals surface area (Å²) in [7, 11) is 0. The van der Waals surface area contributed by atoms with E-state index in [0.717, 1.165) is 6.42 Å². The molecule has 0 bridgehead atoms. The van der Waals surface area contributed by atoms with E-state index in [1.165, 1.54) is 0 Å². The van der Waals surface area contributed by atoms with Crippen molar-refractivity contribution in [2.45, 2.75) is 51.2 Å². The van der Waals surface area contributed by atoms with Crippen LogP contribution in [0.1, 0.15) is 39.0 Å². The zero-order valence-corrected chi connectivity index (χ0v) is 10.0. The van der Waals surface area contributed by atoms with E-state index in [2.05, 4.69) is 0 Å². The first-order chi connectivity index (χ1) is 8.21. The van der Waals surface area contributed by atoms with E-state index in [1.54, 1.807) is 6.92 Å². The molecule has 1 fully saturated rings. The van der Waals surface area contributed by atoms with Gasteiger partial charge in [-0.15, -0.1) is 0 Å². The largest absolute Gasteiger partial charge is 0.481 e. The van der Waals surface area contributed by atoms with Gasteiger partial charge in [-0.25, -0.2) is 0 Å². The summed E-state index contributed by atoms with van der Waals surface area (Å²) in [5.74, 6) is -2.27. The van der Waals surface area contributed by atoms with E-state index in [1.807, 2.05) is 5.32 Å². The SMILES string of the molecule is CCC1(C(=O)NC(CC(=O)O)C(F)(F)F)CCC1. The lowest BCUT2D eigenvalue weighted by Gasteiger charge is -2.40. The lowest BCUT2D eigenvalue weighted by molar-refractivity contribution is -0.173. The van der Waals surface area contributed by atoms with Gasteiger partial charge in [-0.2, -0.15) is 13.2 Å². The predicted octanol–water partition coefficient (Wildman–Crippen LogP) is 2.09. The summed E-state index contributed by atoms with van der Waals surface area (Å²) in [6.07, 6.45) is -3.48. The number of amides is 1. The standard InChI is InChI=1S/C11H16F3NO3/c1-2-10(4-3-5-10)9(18)15-7(6-8(16)17)11(12,13)14/h7H,2-6H2,1H3,(H,15,18)(H,16,17). The van der Waals surface area contributed by atoms with Crippen LogP contribution < -0.4 is 5.32 Å². The normalized spacial score (nSPS) is 19.8. The van der Waals surface area contributed by atoms with Crippen LogP contribution in [0.4, 0.5) is 13.2 Å². The molecule has 0 saturated heterocycles. The van der Waals surface area contributed by atoms with Gasteiger partial charge in [-0.3, -0.25) is 9.59 Å². The van der Waals surface area contributed by atoms with Crippen LogP contribution in [0.15, 0.2) is 0 Å². The Kier molecular flexibility index (Phi) is 4.24. The van der Waals surface area contributed by atoms with Crippen molar-refractivity contribution in [1.29, 1.82) is 0 Å². The summed E-state index contributed by atoms with van der Waals surface area (Å²) in [6, 6.07) is -2.31. The molecule has 0 aromatic rings. The highest BCUT2D eigenvalue weighted by Gasteiger charge is 2.47. The summed E-state index contributed by atoms with van der Waals surface area (Å²) >= 11 is 0. The number of carboxylic acids is 1. The molecule has 0 aliphatic heterocycles. The van der Waals surface area contributed by atoms with Crippen LogP contribution in [0.5, 0.6) is 0 Å². The Hall–Kier alpha value is -1.27. The van der Waals surface area contributed by atoms with Gasteiger partial charge in [0, 0.05) is 5.41 Å². The highest BCUT2D eigenvalue weighted by atomic mass is 19.4. The maximum absolute atomic E-state index is 12.6. The topological polar surface area (TPSA) is 66.4 Å². The van der Waals surface area contributed by atoms with E-state index in [0.29, 0.717) is 19.3 Å². The molecule has 1 unspecified atom stereocenters. The fourth-order valence-corrected chi connectivity index (χ4v) is 2.08. The van der Waals surface area contributed by atoms with Gasteiger partial charge >= 0.3 is 12.1 Å². The molecule has 1 atom stereocenters. The van der Waals surface area contributed by atoms with Gasteiger partial charge in [-0.1, -0.05) is 13.3 Å². The van der Waals surface area contributed by atoms with Crippen LogP contribution >= 0.6 is 0 Å². The van der Waals surface area contributed by atoms with Crippen molar-refractivity contribution in [3.63, 3.8) is 0 Å². The number of hydrogen-bond donors (Lipinski definition) is 2. The van der Waals surface area contributed by atoms with E-state index in [4.69, 9.17) is 5.11 Å². The molecule has 4 nitrogen and oxygen atoms in total. The number of alkyl halides is 3. The minimum absolute atomic E-state index is 0.469. The molecule has 0 radical (unpaired) electrons. The Morgan fingerprint density at radius 1 is 1.39 bits per heavy atom. The van der Waals surface area contributed by atoms with Crippen molar-refractivity contribution >= 4 is 11.9 Å². The molecule has 7 heteroatoms. The molecule has 1 amide bonds. The molecule has 0 aromatic heterocycles. The molecule has 0 heterocycles. The molecule has 1 aliphatic rings. The van der Waals surface area contributed by atoms with Crippen LogP contribution in [0.25, 0.3) is 0 Å². The van der Waals surface area contributed by atoms with E-state index in [-0.39, 0.29) is 0 Å². The summed E-state index contributed by atoms with van der Waals surface area (Å²) in [5, 5.41) is 10.3. The third kappa shape index (κ3) is 3.14. The van der Waals surface area contributed by atoms with Gasteiger partial charge in [0.2, 0.25) is 5.91 Å². The van der Waals surface area contributed by atoms with Gasteiger partial charge in [0.05, 0.1) is 6.42 Å². The van der Waals surface area contributed by atoms with Crippen molar-refractivity contribution in [1.82, 2.24) is 5.32 Å². The number of carbonyl (C=O) groups excluding carboxylic acids is 1. The number of nitrogens with one attached hydrogen (secondary N) is 1. The molecule has 2 N–H and O–H groups in total. The molecule has 0 aromatic carbocycles. The number of carbonyl (C=O) groups is 2.